The van der Waals surface area contributed by atoms with E-state index in [-0.39, 0.29) is 24.5 Å². The first-order valence-corrected chi connectivity index (χ1v) is 10.4. The number of urea groups is 1. The lowest BCUT2D eigenvalue weighted by atomic mass is 9.92. The molecule has 4 atom stereocenters. The summed E-state index contributed by atoms with van der Waals surface area (Å²) in [7, 11) is 0. The summed E-state index contributed by atoms with van der Waals surface area (Å²) in [5, 5.41) is 15.0. The monoisotopic (exact) mass is 389 g/mol. The molecule has 0 aromatic heterocycles. The lowest BCUT2D eigenvalue weighted by Crippen LogP contribution is -2.51. The van der Waals surface area contributed by atoms with E-state index >= 15 is 0 Å². The number of carbonyl (C=O) groups excluding carboxylic acids is 1. The average molecular weight is 390 g/mol. The third kappa shape index (κ3) is 8.30. The first-order chi connectivity index (χ1) is 13.3. The molecular weight excluding hydrogens is 354 g/mol. The normalized spacial score (nSPS) is 22.2. The molecule has 0 bridgehead atoms. The van der Waals surface area contributed by atoms with Crippen LogP contribution in [0.15, 0.2) is 30.3 Å². The van der Waals surface area contributed by atoms with E-state index < -0.39 is 5.97 Å². The van der Waals surface area contributed by atoms with Gasteiger partial charge < -0.3 is 20.6 Å². The Hall–Kier alpha value is -2.08. The van der Waals surface area contributed by atoms with Crippen LogP contribution < -0.4 is 10.6 Å². The number of nitrogens with zero attached hydrogens (tertiary/aromatic N) is 1. The second kappa shape index (κ2) is 11.1. The van der Waals surface area contributed by atoms with Crippen molar-refractivity contribution in [2.75, 3.05) is 19.6 Å². The molecule has 1 aromatic rings. The Morgan fingerprint density at radius 2 is 1.79 bits per heavy atom. The molecule has 0 spiro atoms. The molecule has 0 saturated carbocycles. The van der Waals surface area contributed by atoms with Gasteiger partial charge >= 0.3 is 12.0 Å². The highest BCUT2D eigenvalue weighted by Crippen LogP contribution is 2.20. The van der Waals surface area contributed by atoms with E-state index in [0.29, 0.717) is 24.7 Å². The number of hydrogen-bond donors (Lipinski definition) is 3. The number of carbonyl (C=O) groups is 2. The zero-order chi connectivity index (χ0) is 20.5. The molecule has 1 aliphatic heterocycles. The molecule has 2 amide bonds. The van der Waals surface area contributed by atoms with Crippen LogP contribution in [0.25, 0.3) is 0 Å². The Balaban J connectivity index is 1.84. The minimum absolute atomic E-state index is 0.0364. The number of aliphatic carboxylic acids is 1. The number of hydrogen-bond acceptors (Lipinski definition) is 3. The molecule has 1 fully saturated rings. The van der Waals surface area contributed by atoms with E-state index in [2.05, 4.69) is 29.4 Å². The smallest absolute Gasteiger partial charge is 0.315 e. The quantitative estimate of drug-likeness (QED) is 0.606. The van der Waals surface area contributed by atoms with E-state index in [0.717, 1.165) is 25.2 Å². The zero-order valence-corrected chi connectivity index (χ0v) is 17.4. The van der Waals surface area contributed by atoms with Gasteiger partial charge in [-0.2, -0.15) is 0 Å². The fourth-order valence-electron chi connectivity index (χ4n) is 4.25. The summed E-state index contributed by atoms with van der Waals surface area (Å²) in [6, 6.07) is 9.44. The number of benzene rings is 1. The molecule has 156 valence electrons. The van der Waals surface area contributed by atoms with Gasteiger partial charge in [-0.15, -0.1) is 0 Å². The maximum atomic E-state index is 12.5. The van der Waals surface area contributed by atoms with E-state index in [1.165, 1.54) is 6.42 Å². The molecule has 1 saturated heterocycles. The largest absolute Gasteiger partial charge is 0.481 e. The topological polar surface area (TPSA) is 81.7 Å². The van der Waals surface area contributed by atoms with Crippen molar-refractivity contribution < 1.29 is 14.7 Å². The highest BCUT2D eigenvalue weighted by Gasteiger charge is 2.23. The van der Waals surface area contributed by atoms with Gasteiger partial charge in [-0.25, -0.2) is 4.79 Å². The van der Waals surface area contributed by atoms with E-state index in [1.54, 1.807) is 0 Å². The van der Waals surface area contributed by atoms with Crippen molar-refractivity contribution in [2.24, 2.45) is 11.8 Å². The number of carboxylic acids is 1. The van der Waals surface area contributed by atoms with E-state index in [4.69, 9.17) is 5.11 Å². The van der Waals surface area contributed by atoms with Gasteiger partial charge in [-0.3, -0.25) is 4.79 Å². The molecule has 28 heavy (non-hydrogen) atoms. The van der Waals surface area contributed by atoms with Crippen LogP contribution in [-0.4, -0.2) is 53.7 Å². The van der Waals surface area contributed by atoms with Crippen LogP contribution in [0.3, 0.4) is 0 Å². The number of rotatable bonds is 9. The minimum atomic E-state index is -0.845. The van der Waals surface area contributed by atoms with Crippen molar-refractivity contribution in [3.63, 3.8) is 0 Å². The Morgan fingerprint density at radius 3 is 2.39 bits per heavy atom. The second-order valence-corrected chi connectivity index (χ2v) is 8.50. The molecule has 0 aliphatic carbocycles. The van der Waals surface area contributed by atoms with E-state index in [1.807, 2.05) is 37.3 Å². The summed E-state index contributed by atoms with van der Waals surface area (Å²) in [6.45, 7) is 9.57. The van der Waals surface area contributed by atoms with Gasteiger partial charge in [-0.1, -0.05) is 44.2 Å². The third-order valence-corrected chi connectivity index (χ3v) is 5.22. The molecular formula is C22H35N3O3. The predicted molar refractivity (Wildman–Crippen MR) is 111 cm³/mol. The van der Waals surface area contributed by atoms with Crippen LogP contribution in [0.4, 0.5) is 4.79 Å². The van der Waals surface area contributed by atoms with Crippen molar-refractivity contribution in [3.05, 3.63) is 35.9 Å². The van der Waals surface area contributed by atoms with Gasteiger partial charge in [-0.05, 0) is 43.6 Å². The van der Waals surface area contributed by atoms with Crippen LogP contribution in [0.2, 0.25) is 0 Å². The molecule has 1 aromatic carbocycles. The number of carboxylic acid groups (broad SMARTS) is 1. The van der Waals surface area contributed by atoms with Gasteiger partial charge in [0.2, 0.25) is 0 Å². The number of amides is 2. The van der Waals surface area contributed by atoms with Crippen LogP contribution in [0.5, 0.6) is 0 Å². The highest BCUT2D eigenvalue weighted by molar-refractivity contribution is 5.74. The molecule has 1 heterocycles. The fourth-order valence-corrected chi connectivity index (χ4v) is 4.25. The van der Waals surface area contributed by atoms with Crippen LogP contribution in [0.1, 0.15) is 45.6 Å². The molecule has 6 heteroatoms. The first-order valence-electron chi connectivity index (χ1n) is 10.4. The second-order valence-electron chi connectivity index (χ2n) is 8.50. The Labute approximate surface area is 168 Å². The van der Waals surface area contributed by atoms with Gasteiger partial charge in [0.1, 0.15) is 0 Å². The first kappa shape index (κ1) is 22.2. The summed E-state index contributed by atoms with van der Waals surface area (Å²) >= 11 is 0. The predicted octanol–water partition coefficient (Wildman–Crippen LogP) is 3.13. The van der Waals surface area contributed by atoms with Crippen LogP contribution in [-0.2, 0) is 11.2 Å². The molecule has 2 rings (SSSR count). The standard InChI is InChI=1S/C22H35N3O3/c1-16-11-17(2)14-25(13-16)15-18(3)23-22(28)24-20(9-10-21(26)27)12-19-7-5-4-6-8-19/h4-8,16-18,20H,9-15H2,1-3H3,(H,26,27)(H2,23,24,28). The van der Waals surface area contributed by atoms with Crippen molar-refractivity contribution in [2.45, 2.75) is 58.5 Å². The third-order valence-electron chi connectivity index (χ3n) is 5.22. The van der Waals surface area contributed by atoms with Crippen molar-refractivity contribution in [1.29, 1.82) is 0 Å². The summed E-state index contributed by atoms with van der Waals surface area (Å²) in [4.78, 5) is 25.9. The van der Waals surface area contributed by atoms with Gasteiger partial charge in [0.15, 0.2) is 0 Å². The molecule has 4 unspecified atom stereocenters. The molecule has 0 radical (unpaired) electrons. The number of likely N-dealkylation sites (tertiary alicyclic amines) is 1. The van der Waals surface area contributed by atoms with E-state index in [9.17, 15) is 9.59 Å². The van der Waals surface area contributed by atoms with Crippen molar-refractivity contribution in [1.82, 2.24) is 15.5 Å². The summed E-state index contributed by atoms with van der Waals surface area (Å²) in [6.07, 6.45) is 2.34. The highest BCUT2D eigenvalue weighted by atomic mass is 16.4. The Kier molecular flexibility index (Phi) is 8.77. The van der Waals surface area contributed by atoms with Crippen LogP contribution >= 0.6 is 0 Å². The van der Waals surface area contributed by atoms with Gasteiger partial charge in [0, 0.05) is 38.1 Å². The maximum absolute atomic E-state index is 12.5. The Morgan fingerprint density at radius 1 is 1.14 bits per heavy atom. The maximum Gasteiger partial charge on any atom is 0.315 e. The number of nitrogens with one attached hydrogen (secondary N) is 2. The summed E-state index contributed by atoms with van der Waals surface area (Å²) in [5.74, 6) is 0.536. The molecule has 3 N–H and O–H groups in total. The SMILES string of the molecule is CC1CC(C)CN(CC(C)NC(=O)NC(CCC(=O)O)Cc2ccccc2)C1. The minimum Gasteiger partial charge on any atom is -0.481 e. The lowest BCUT2D eigenvalue weighted by Gasteiger charge is -2.36. The molecule has 6 nitrogen and oxygen atoms in total. The summed E-state index contributed by atoms with van der Waals surface area (Å²) < 4.78 is 0. The number of piperidine rings is 1. The van der Waals surface area contributed by atoms with Gasteiger partial charge in [0.05, 0.1) is 0 Å². The fraction of sp³-hybridized carbons (Fsp3) is 0.636. The summed E-state index contributed by atoms with van der Waals surface area (Å²) in [5.41, 5.74) is 1.09. The molecule has 1 aliphatic rings. The average Bonchev–Trinajstić information content (AvgIpc) is 2.59. The lowest BCUT2D eigenvalue weighted by molar-refractivity contribution is -0.137. The van der Waals surface area contributed by atoms with Crippen molar-refractivity contribution in [3.8, 4) is 0 Å². The zero-order valence-electron chi connectivity index (χ0n) is 17.4. The van der Waals surface area contributed by atoms with Crippen LogP contribution in [0, 0.1) is 11.8 Å². The Bertz CT molecular complexity index is 613. The van der Waals surface area contributed by atoms with Crippen molar-refractivity contribution >= 4 is 12.0 Å². The van der Waals surface area contributed by atoms with Gasteiger partial charge in [0.25, 0.3) is 0 Å².